The van der Waals surface area contributed by atoms with Gasteiger partial charge in [0.15, 0.2) is 0 Å². The number of nitrogens with zero attached hydrogens (tertiary/aromatic N) is 2. The summed E-state index contributed by atoms with van der Waals surface area (Å²) in [5, 5.41) is 2.54. The van der Waals surface area contributed by atoms with Crippen LogP contribution >= 0.6 is 0 Å². The molecule has 0 aliphatic carbocycles. The first kappa shape index (κ1) is 20.8. The van der Waals surface area contributed by atoms with Crippen LogP contribution in [-0.2, 0) is 24.8 Å². The summed E-state index contributed by atoms with van der Waals surface area (Å²) in [5.41, 5.74) is 0.313. The number of carbonyl (C=O) groups excluding carboxylic acids is 1. The number of sulfonamides is 2. The third-order valence-corrected chi connectivity index (χ3v) is 7.41. The van der Waals surface area contributed by atoms with Gasteiger partial charge in [0.2, 0.25) is 26.0 Å². The fourth-order valence-corrected chi connectivity index (χ4v) is 4.60. The fraction of sp³-hybridized carbons (Fsp3) is 0.562. The van der Waals surface area contributed by atoms with Crippen molar-refractivity contribution in [2.75, 3.05) is 38.3 Å². The molecule has 0 aromatic heterocycles. The quantitative estimate of drug-likeness (QED) is 0.765. The van der Waals surface area contributed by atoms with Crippen LogP contribution in [0.1, 0.15) is 25.7 Å². The van der Waals surface area contributed by atoms with Crippen LogP contribution in [0.5, 0.6) is 0 Å². The maximum Gasteiger partial charge on any atom is 0.243 e. The highest BCUT2D eigenvalue weighted by Gasteiger charge is 2.25. The van der Waals surface area contributed by atoms with Crippen molar-refractivity contribution in [2.45, 2.75) is 30.6 Å². The number of rotatable bonds is 6. The molecule has 0 bridgehead atoms. The smallest absolute Gasteiger partial charge is 0.243 e. The molecule has 0 radical (unpaired) electrons. The van der Waals surface area contributed by atoms with Gasteiger partial charge in [-0.15, -0.1) is 0 Å². The lowest BCUT2D eigenvalue weighted by Gasteiger charge is -2.20. The van der Waals surface area contributed by atoms with Crippen molar-refractivity contribution in [2.24, 2.45) is 0 Å². The molecule has 1 aromatic carbocycles. The minimum absolute atomic E-state index is 0.119. The second-order valence-electron chi connectivity index (χ2n) is 6.41. The average molecular weight is 404 g/mol. The monoisotopic (exact) mass is 403 g/mol. The van der Waals surface area contributed by atoms with Crippen LogP contribution in [0.3, 0.4) is 0 Å². The third kappa shape index (κ3) is 5.50. The minimum Gasteiger partial charge on any atom is -0.325 e. The van der Waals surface area contributed by atoms with Gasteiger partial charge in [0, 0.05) is 25.8 Å². The molecule has 1 aliphatic heterocycles. The lowest BCUT2D eigenvalue weighted by molar-refractivity contribution is -0.116. The van der Waals surface area contributed by atoms with E-state index in [0.717, 1.165) is 36.2 Å². The molecule has 1 saturated heterocycles. The van der Waals surface area contributed by atoms with Crippen LogP contribution < -0.4 is 5.32 Å². The molecular formula is C16H25N3O5S2. The normalized spacial score (nSPS) is 17.0. The van der Waals surface area contributed by atoms with E-state index >= 15 is 0 Å². The molecule has 146 valence electrons. The van der Waals surface area contributed by atoms with E-state index in [4.69, 9.17) is 0 Å². The molecule has 1 aliphatic rings. The number of hydrogen-bond donors (Lipinski definition) is 1. The Labute approximate surface area is 155 Å². The number of anilines is 1. The number of benzene rings is 1. The maximum atomic E-state index is 12.8. The summed E-state index contributed by atoms with van der Waals surface area (Å²) in [6.45, 7) is 0.651. The van der Waals surface area contributed by atoms with Crippen molar-refractivity contribution in [3.05, 3.63) is 24.3 Å². The molecule has 1 heterocycles. The van der Waals surface area contributed by atoms with E-state index in [1.165, 1.54) is 23.5 Å². The van der Waals surface area contributed by atoms with Gasteiger partial charge >= 0.3 is 0 Å². The molecule has 26 heavy (non-hydrogen) atoms. The molecule has 1 fully saturated rings. The van der Waals surface area contributed by atoms with Crippen molar-refractivity contribution >= 4 is 31.6 Å². The summed E-state index contributed by atoms with van der Waals surface area (Å²) in [6.07, 6.45) is 4.74. The molecule has 1 aromatic rings. The summed E-state index contributed by atoms with van der Waals surface area (Å²) in [6, 6.07) is 6.03. The SMILES string of the molecule is CN(CC(=O)Nc1cccc(S(=O)(=O)N2CCCCCC2)c1)S(C)(=O)=O. The van der Waals surface area contributed by atoms with Crippen molar-refractivity contribution in [1.29, 1.82) is 0 Å². The average Bonchev–Trinajstić information content (AvgIpc) is 2.83. The topological polar surface area (TPSA) is 104 Å². The maximum absolute atomic E-state index is 12.8. The largest absolute Gasteiger partial charge is 0.325 e. The zero-order chi connectivity index (χ0) is 19.4. The number of amides is 1. The highest BCUT2D eigenvalue weighted by Crippen LogP contribution is 2.22. The van der Waals surface area contributed by atoms with E-state index in [1.54, 1.807) is 12.1 Å². The summed E-state index contributed by atoms with van der Waals surface area (Å²) >= 11 is 0. The van der Waals surface area contributed by atoms with Gasteiger partial charge in [-0.3, -0.25) is 4.79 Å². The van der Waals surface area contributed by atoms with Crippen LogP contribution in [0.4, 0.5) is 5.69 Å². The summed E-state index contributed by atoms with van der Waals surface area (Å²) in [5.74, 6) is -0.540. The van der Waals surface area contributed by atoms with E-state index in [9.17, 15) is 21.6 Å². The first-order valence-electron chi connectivity index (χ1n) is 8.42. The van der Waals surface area contributed by atoms with Gasteiger partial charge in [-0.05, 0) is 31.0 Å². The van der Waals surface area contributed by atoms with Gasteiger partial charge in [-0.1, -0.05) is 18.9 Å². The Balaban J connectivity index is 2.13. The van der Waals surface area contributed by atoms with Gasteiger partial charge in [0.25, 0.3) is 0 Å². The third-order valence-electron chi connectivity index (χ3n) is 4.25. The molecule has 1 N–H and O–H groups in total. The minimum atomic E-state index is -3.61. The molecule has 8 nitrogen and oxygen atoms in total. The van der Waals surface area contributed by atoms with Crippen LogP contribution in [0.2, 0.25) is 0 Å². The molecule has 1 amide bonds. The summed E-state index contributed by atoms with van der Waals surface area (Å²) in [4.78, 5) is 12.1. The van der Waals surface area contributed by atoms with Gasteiger partial charge in [0.1, 0.15) is 0 Å². The van der Waals surface area contributed by atoms with Gasteiger partial charge in [-0.25, -0.2) is 16.8 Å². The highest BCUT2D eigenvalue weighted by atomic mass is 32.2. The lowest BCUT2D eigenvalue weighted by atomic mass is 10.2. The van der Waals surface area contributed by atoms with E-state index in [1.807, 2.05) is 0 Å². The van der Waals surface area contributed by atoms with Crippen LogP contribution in [-0.4, -0.2) is 64.3 Å². The number of carbonyl (C=O) groups is 1. The molecule has 0 unspecified atom stereocenters. The summed E-state index contributed by atoms with van der Waals surface area (Å²) < 4.78 is 50.8. The van der Waals surface area contributed by atoms with E-state index in [2.05, 4.69) is 5.32 Å². The standard InChI is InChI=1S/C16H25N3O5S2/c1-18(25(2,21)22)13-16(20)17-14-8-7-9-15(12-14)26(23,24)19-10-5-3-4-6-11-19/h7-9,12H,3-6,10-11,13H2,1-2H3,(H,17,20). The fourth-order valence-electron chi connectivity index (χ4n) is 2.69. The second-order valence-corrected chi connectivity index (χ2v) is 10.4. The number of likely N-dealkylation sites (N-methyl/N-ethyl adjacent to an activating group) is 1. The molecule has 0 spiro atoms. The molecule has 10 heteroatoms. The zero-order valence-corrected chi connectivity index (χ0v) is 16.6. The van der Waals surface area contributed by atoms with Gasteiger partial charge < -0.3 is 5.32 Å². The van der Waals surface area contributed by atoms with Crippen molar-refractivity contribution < 1.29 is 21.6 Å². The Morgan fingerprint density at radius 1 is 1.12 bits per heavy atom. The highest BCUT2D eigenvalue weighted by molar-refractivity contribution is 7.89. The predicted molar refractivity (Wildman–Crippen MR) is 99.8 cm³/mol. The Morgan fingerprint density at radius 3 is 2.31 bits per heavy atom. The first-order chi connectivity index (χ1) is 12.1. The first-order valence-corrected chi connectivity index (χ1v) is 11.7. The molecule has 0 saturated carbocycles. The Morgan fingerprint density at radius 2 is 1.73 bits per heavy atom. The Bertz CT molecular complexity index is 844. The molecular weight excluding hydrogens is 378 g/mol. The lowest BCUT2D eigenvalue weighted by Crippen LogP contribution is -2.34. The number of nitrogens with one attached hydrogen (secondary N) is 1. The zero-order valence-electron chi connectivity index (χ0n) is 15.0. The Kier molecular flexibility index (Phi) is 6.78. The van der Waals surface area contributed by atoms with Gasteiger partial charge in [0.05, 0.1) is 17.7 Å². The van der Waals surface area contributed by atoms with Crippen molar-refractivity contribution in [3.63, 3.8) is 0 Å². The van der Waals surface area contributed by atoms with Crippen molar-refractivity contribution in [1.82, 2.24) is 8.61 Å². The van der Waals surface area contributed by atoms with E-state index in [-0.39, 0.29) is 11.4 Å². The van der Waals surface area contributed by atoms with Crippen molar-refractivity contribution in [3.8, 4) is 0 Å². The van der Waals surface area contributed by atoms with Gasteiger partial charge in [-0.2, -0.15) is 8.61 Å². The predicted octanol–water partition coefficient (Wildman–Crippen LogP) is 1.08. The Hall–Kier alpha value is -1.49. The van der Waals surface area contributed by atoms with E-state index in [0.29, 0.717) is 18.8 Å². The second kappa shape index (κ2) is 8.47. The van der Waals surface area contributed by atoms with Crippen LogP contribution in [0, 0.1) is 0 Å². The van der Waals surface area contributed by atoms with Crippen LogP contribution in [0.15, 0.2) is 29.2 Å². The molecule has 0 atom stereocenters. The molecule has 2 rings (SSSR count). The number of hydrogen-bond acceptors (Lipinski definition) is 5. The van der Waals surface area contributed by atoms with Crippen LogP contribution in [0.25, 0.3) is 0 Å². The van der Waals surface area contributed by atoms with E-state index < -0.39 is 26.0 Å². The summed E-state index contributed by atoms with van der Waals surface area (Å²) in [7, 11) is -5.78.